The first-order chi connectivity index (χ1) is 12.2. The largest absolute Gasteiger partial charge is 0.459 e. The molecule has 8 heteroatoms. The molecule has 25 heavy (non-hydrogen) atoms. The van der Waals surface area contributed by atoms with Gasteiger partial charge in [0.15, 0.2) is 0 Å². The van der Waals surface area contributed by atoms with E-state index >= 15 is 0 Å². The highest BCUT2D eigenvalue weighted by Crippen LogP contribution is 2.17. The van der Waals surface area contributed by atoms with Gasteiger partial charge in [-0.3, -0.25) is 9.59 Å². The van der Waals surface area contributed by atoms with Crippen molar-refractivity contribution in [1.82, 2.24) is 14.6 Å². The number of nitrogens with zero attached hydrogens (tertiary/aromatic N) is 3. The summed E-state index contributed by atoms with van der Waals surface area (Å²) in [5.74, 6) is -0.126. The fraction of sp³-hybridized carbons (Fsp3) is 0.294. The predicted octanol–water partition coefficient (Wildman–Crippen LogP) is 2.94. The highest BCUT2D eigenvalue weighted by Gasteiger charge is 2.10. The molecule has 0 amide bonds. The zero-order chi connectivity index (χ0) is 17.6. The lowest BCUT2D eigenvalue weighted by atomic mass is 10.4. The van der Waals surface area contributed by atoms with E-state index in [1.165, 1.54) is 33.7 Å². The first-order valence-corrected chi connectivity index (χ1v) is 9.68. The zero-order valence-electron chi connectivity index (χ0n) is 13.7. The van der Waals surface area contributed by atoms with Gasteiger partial charge in [0.05, 0.1) is 11.4 Å². The second kappa shape index (κ2) is 8.26. The van der Waals surface area contributed by atoms with E-state index in [2.05, 4.69) is 17.0 Å². The standard InChI is InChI=1S/C17H17N3O3S2/c1-2-6-14-19-20-15(21)9-12(18-17(20)25-14)10-23-16(22)11-24-13-7-4-3-5-8-13/h3-5,7-9H,2,6,10-11H2,1H3. The molecule has 0 atom stereocenters. The molecule has 0 saturated heterocycles. The van der Waals surface area contributed by atoms with Crippen molar-refractivity contribution >= 4 is 34.0 Å². The van der Waals surface area contributed by atoms with E-state index in [4.69, 9.17) is 4.74 Å². The summed E-state index contributed by atoms with van der Waals surface area (Å²) in [6, 6.07) is 11.0. The molecular formula is C17H17N3O3S2. The van der Waals surface area contributed by atoms with Gasteiger partial charge in [0.25, 0.3) is 5.56 Å². The van der Waals surface area contributed by atoms with Crippen LogP contribution in [-0.4, -0.2) is 26.3 Å². The number of aromatic nitrogens is 3. The molecule has 0 aliphatic carbocycles. The Morgan fingerprint density at radius 2 is 2.12 bits per heavy atom. The Morgan fingerprint density at radius 3 is 2.88 bits per heavy atom. The average molecular weight is 375 g/mol. The molecule has 0 fully saturated rings. The lowest BCUT2D eigenvalue weighted by Gasteiger charge is -2.04. The third kappa shape index (κ3) is 4.67. The Hall–Kier alpha value is -2.19. The lowest BCUT2D eigenvalue weighted by Crippen LogP contribution is -2.17. The molecule has 0 radical (unpaired) electrons. The van der Waals surface area contributed by atoms with Crippen LogP contribution < -0.4 is 5.56 Å². The van der Waals surface area contributed by atoms with E-state index < -0.39 is 0 Å². The second-order valence-electron chi connectivity index (χ2n) is 5.29. The van der Waals surface area contributed by atoms with Gasteiger partial charge in [-0.2, -0.15) is 9.61 Å². The van der Waals surface area contributed by atoms with Crippen LogP contribution in [-0.2, 0) is 22.6 Å². The fourth-order valence-corrected chi connectivity index (χ4v) is 3.88. The number of hydrogen-bond donors (Lipinski definition) is 0. The van der Waals surface area contributed by atoms with Crippen molar-refractivity contribution in [1.29, 1.82) is 0 Å². The van der Waals surface area contributed by atoms with Crippen LogP contribution >= 0.6 is 23.1 Å². The van der Waals surface area contributed by atoms with Gasteiger partial charge in [-0.15, -0.1) is 11.8 Å². The van der Waals surface area contributed by atoms with Gasteiger partial charge in [0, 0.05) is 17.4 Å². The molecule has 0 spiro atoms. The van der Waals surface area contributed by atoms with Crippen molar-refractivity contribution in [3.8, 4) is 0 Å². The Bertz CT molecular complexity index is 922. The molecule has 130 valence electrons. The number of ether oxygens (including phenoxy) is 1. The summed E-state index contributed by atoms with van der Waals surface area (Å²) in [5.41, 5.74) is 0.183. The van der Waals surface area contributed by atoms with E-state index in [9.17, 15) is 9.59 Å². The minimum absolute atomic E-state index is 0.0130. The number of benzene rings is 1. The summed E-state index contributed by atoms with van der Waals surface area (Å²) in [6.07, 6.45) is 1.77. The molecule has 2 aromatic heterocycles. The van der Waals surface area contributed by atoms with E-state index in [1.54, 1.807) is 0 Å². The van der Waals surface area contributed by atoms with Crippen molar-refractivity contribution in [3.63, 3.8) is 0 Å². The van der Waals surface area contributed by atoms with Crippen molar-refractivity contribution in [2.24, 2.45) is 0 Å². The summed E-state index contributed by atoms with van der Waals surface area (Å²) in [4.78, 5) is 29.9. The Balaban J connectivity index is 1.60. The van der Waals surface area contributed by atoms with Crippen LogP contribution in [0.15, 0.2) is 46.1 Å². The number of carbonyl (C=O) groups excluding carboxylic acids is 1. The van der Waals surface area contributed by atoms with Gasteiger partial charge in [-0.05, 0) is 18.6 Å². The third-order valence-electron chi connectivity index (χ3n) is 3.28. The Kier molecular flexibility index (Phi) is 5.83. The summed E-state index contributed by atoms with van der Waals surface area (Å²) in [5, 5.41) is 5.13. The molecule has 0 unspecified atom stereocenters. The zero-order valence-corrected chi connectivity index (χ0v) is 15.3. The number of thioether (sulfide) groups is 1. The van der Waals surface area contributed by atoms with Crippen molar-refractivity contribution in [2.45, 2.75) is 31.3 Å². The smallest absolute Gasteiger partial charge is 0.316 e. The SMILES string of the molecule is CCCc1nn2c(=O)cc(COC(=O)CSc3ccccc3)nc2s1. The molecule has 3 aromatic rings. The van der Waals surface area contributed by atoms with Crippen molar-refractivity contribution in [3.05, 3.63) is 57.5 Å². The normalized spacial score (nSPS) is 10.9. The van der Waals surface area contributed by atoms with Gasteiger partial charge in [-0.25, -0.2) is 4.98 Å². The van der Waals surface area contributed by atoms with Crippen LogP contribution in [0.3, 0.4) is 0 Å². The highest BCUT2D eigenvalue weighted by molar-refractivity contribution is 8.00. The van der Waals surface area contributed by atoms with Crippen LogP contribution in [0.2, 0.25) is 0 Å². The van der Waals surface area contributed by atoms with Gasteiger partial charge in [-0.1, -0.05) is 36.5 Å². The molecule has 0 saturated carbocycles. The summed E-state index contributed by atoms with van der Waals surface area (Å²) in [6.45, 7) is 2.04. The lowest BCUT2D eigenvalue weighted by molar-refractivity contribution is -0.141. The van der Waals surface area contributed by atoms with Gasteiger partial charge in [0.2, 0.25) is 4.96 Å². The van der Waals surface area contributed by atoms with E-state index in [-0.39, 0.29) is 23.9 Å². The number of rotatable bonds is 7. The number of carbonyl (C=O) groups is 1. The summed E-state index contributed by atoms with van der Waals surface area (Å²) >= 11 is 2.80. The molecule has 3 rings (SSSR count). The third-order valence-corrected chi connectivity index (χ3v) is 5.24. The molecule has 6 nitrogen and oxygen atoms in total. The maximum absolute atomic E-state index is 12.1. The van der Waals surface area contributed by atoms with E-state index in [0.29, 0.717) is 10.7 Å². The van der Waals surface area contributed by atoms with Crippen LogP contribution in [0, 0.1) is 0 Å². The van der Waals surface area contributed by atoms with Crippen LogP contribution in [0.25, 0.3) is 4.96 Å². The Morgan fingerprint density at radius 1 is 1.32 bits per heavy atom. The van der Waals surface area contributed by atoms with Gasteiger partial charge in [0.1, 0.15) is 11.6 Å². The molecule has 0 aliphatic heterocycles. The highest BCUT2D eigenvalue weighted by atomic mass is 32.2. The number of esters is 1. The monoisotopic (exact) mass is 375 g/mol. The first-order valence-electron chi connectivity index (χ1n) is 7.88. The van der Waals surface area contributed by atoms with E-state index in [1.807, 2.05) is 30.3 Å². The minimum atomic E-state index is -0.341. The number of fused-ring (bicyclic) bond motifs is 1. The quantitative estimate of drug-likeness (QED) is 0.467. The van der Waals surface area contributed by atoms with Crippen LogP contribution in [0.5, 0.6) is 0 Å². The maximum atomic E-state index is 12.1. The summed E-state index contributed by atoms with van der Waals surface area (Å²) in [7, 11) is 0. The predicted molar refractivity (Wildman–Crippen MR) is 98.1 cm³/mol. The first kappa shape index (κ1) is 17.6. The number of hydrogen-bond acceptors (Lipinski definition) is 7. The second-order valence-corrected chi connectivity index (χ2v) is 7.38. The molecule has 0 N–H and O–H groups in total. The fourth-order valence-electron chi connectivity index (χ4n) is 2.14. The molecule has 0 aliphatic rings. The Labute approximate surface area is 152 Å². The molecular weight excluding hydrogens is 358 g/mol. The number of aryl methyl sites for hydroxylation is 1. The van der Waals surface area contributed by atoms with Crippen molar-refractivity contribution in [2.75, 3.05) is 5.75 Å². The molecule has 2 heterocycles. The molecule has 1 aromatic carbocycles. The van der Waals surface area contributed by atoms with Gasteiger partial charge >= 0.3 is 5.97 Å². The minimum Gasteiger partial charge on any atom is -0.459 e. The average Bonchev–Trinajstić information content (AvgIpc) is 3.02. The van der Waals surface area contributed by atoms with Crippen molar-refractivity contribution < 1.29 is 9.53 Å². The van der Waals surface area contributed by atoms with Gasteiger partial charge < -0.3 is 4.74 Å². The van der Waals surface area contributed by atoms with Crippen LogP contribution in [0.4, 0.5) is 0 Å². The van der Waals surface area contributed by atoms with E-state index in [0.717, 1.165) is 22.7 Å². The maximum Gasteiger partial charge on any atom is 0.316 e. The summed E-state index contributed by atoms with van der Waals surface area (Å²) < 4.78 is 6.52. The topological polar surface area (TPSA) is 73.6 Å². The van der Waals surface area contributed by atoms with Crippen LogP contribution in [0.1, 0.15) is 24.0 Å². The molecule has 0 bridgehead atoms.